The summed E-state index contributed by atoms with van der Waals surface area (Å²) in [6.07, 6.45) is 9.71. The lowest BCUT2D eigenvalue weighted by Crippen LogP contribution is -2.00. The molecule has 0 N–H and O–H groups in total. The van der Waals surface area contributed by atoms with Gasteiger partial charge in [-0.25, -0.2) is 9.97 Å². The lowest BCUT2D eigenvalue weighted by Gasteiger charge is -2.09. The van der Waals surface area contributed by atoms with Crippen molar-refractivity contribution in [2.45, 2.75) is 26.3 Å². The van der Waals surface area contributed by atoms with Gasteiger partial charge in [0, 0.05) is 30.7 Å². The smallest absolute Gasteiger partial charge is 0.0972 e. The van der Waals surface area contributed by atoms with E-state index in [0.29, 0.717) is 0 Å². The Labute approximate surface area is 157 Å². The third-order valence-electron chi connectivity index (χ3n) is 4.35. The molecule has 3 heterocycles. The average Bonchev–Trinajstić information content (AvgIpc) is 3.29. The molecule has 0 spiro atoms. The summed E-state index contributed by atoms with van der Waals surface area (Å²) in [6.45, 7) is 2.97. The van der Waals surface area contributed by atoms with Crippen molar-refractivity contribution < 1.29 is 0 Å². The number of rotatable bonds is 6. The molecule has 0 radical (unpaired) electrons. The van der Waals surface area contributed by atoms with Gasteiger partial charge in [0.1, 0.15) is 0 Å². The quantitative estimate of drug-likeness (QED) is 0.485. The summed E-state index contributed by atoms with van der Waals surface area (Å²) in [5, 5.41) is 1.07. The normalized spacial score (nSPS) is 11.0. The summed E-state index contributed by atoms with van der Waals surface area (Å²) >= 11 is 1.72. The Morgan fingerprint density at radius 2 is 1.81 bits per heavy atom. The zero-order valence-corrected chi connectivity index (χ0v) is 15.5. The molecular formula is C21H20N4S. The molecule has 3 aromatic heterocycles. The van der Waals surface area contributed by atoms with Crippen LogP contribution in [0.15, 0.2) is 67.4 Å². The van der Waals surface area contributed by atoms with Crippen molar-refractivity contribution in [3.63, 3.8) is 0 Å². The number of aromatic nitrogens is 4. The van der Waals surface area contributed by atoms with E-state index in [2.05, 4.69) is 50.9 Å². The highest BCUT2D eigenvalue weighted by Gasteiger charge is 2.16. The predicted octanol–water partition coefficient (Wildman–Crippen LogP) is 5.01. The van der Waals surface area contributed by atoms with Gasteiger partial charge in [0.05, 0.1) is 27.6 Å². The van der Waals surface area contributed by atoms with Crippen LogP contribution in [0.1, 0.15) is 17.0 Å². The van der Waals surface area contributed by atoms with E-state index < -0.39 is 0 Å². The number of hydrogen-bond donors (Lipinski definition) is 0. The molecule has 0 bridgehead atoms. The fourth-order valence-electron chi connectivity index (χ4n) is 3.09. The molecule has 0 fully saturated rings. The van der Waals surface area contributed by atoms with Crippen LogP contribution in [0.5, 0.6) is 0 Å². The summed E-state index contributed by atoms with van der Waals surface area (Å²) < 4.78 is 2.26. The van der Waals surface area contributed by atoms with Crippen LogP contribution in [0, 0.1) is 6.92 Å². The maximum absolute atomic E-state index is 4.73. The molecule has 0 atom stereocenters. The molecule has 26 heavy (non-hydrogen) atoms. The lowest BCUT2D eigenvalue weighted by atomic mass is 10.1. The topological polar surface area (TPSA) is 43.6 Å². The minimum Gasteiger partial charge on any atom is -0.329 e. The molecule has 4 rings (SSSR count). The average molecular weight is 360 g/mol. The summed E-state index contributed by atoms with van der Waals surface area (Å²) in [5.41, 5.74) is 4.65. The first-order valence-electron chi connectivity index (χ1n) is 8.73. The van der Waals surface area contributed by atoms with Crippen molar-refractivity contribution in [3.8, 4) is 21.8 Å². The van der Waals surface area contributed by atoms with Crippen LogP contribution in [0.3, 0.4) is 0 Å². The Kier molecular flexibility index (Phi) is 4.88. The maximum Gasteiger partial charge on any atom is 0.0972 e. The zero-order valence-electron chi connectivity index (χ0n) is 14.7. The van der Waals surface area contributed by atoms with Crippen molar-refractivity contribution in [2.75, 3.05) is 0 Å². The number of nitrogens with zero attached hydrogens (tertiary/aromatic N) is 4. The van der Waals surface area contributed by atoms with E-state index in [9.17, 15) is 0 Å². The molecular weight excluding hydrogens is 340 g/mol. The highest BCUT2D eigenvalue weighted by molar-refractivity contribution is 7.15. The number of pyridine rings is 1. The van der Waals surface area contributed by atoms with E-state index in [-0.39, 0.29) is 0 Å². The second kappa shape index (κ2) is 7.62. The summed E-state index contributed by atoms with van der Waals surface area (Å²) in [6, 6.07) is 14.5. The highest BCUT2D eigenvalue weighted by atomic mass is 32.1. The van der Waals surface area contributed by atoms with E-state index in [1.54, 1.807) is 11.3 Å². The largest absolute Gasteiger partial charge is 0.329 e. The molecule has 130 valence electrons. The second-order valence-corrected chi connectivity index (χ2v) is 7.44. The van der Waals surface area contributed by atoms with Crippen LogP contribution in [0.2, 0.25) is 0 Å². The minimum atomic E-state index is 0.925. The molecule has 0 aliphatic carbocycles. The molecule has 4 nitrogen and oxygen atoms in total. The van der Waals surface area contributed by atoms with Crippen LogP contribution < -0.4 is 0 Å². The minimum absolute atomic E-state index is 0.925. The van der Waals surface area contributed by atoms with E-state index in [4.69, 9.17) is 4.98 Å². The van der Waals surface area contributed by atoms with Crippen LogP contribution in [0.4, 0.5) is 0 Å². The Morgan fingerprint density at radius 3 is 2.54 bits per heavy atom. The number of benzene rings is 1. The molecule has 1 aromatic carbocycles. The number of imidazole rings is 1. The van der Waals surface area contributed by atoms with Gasteiger partial charge in [-0.2, -0.15) is 0 Å². The van der Waals surface area contributed by atoms with Crippen LogP contribution in [-0.2, 0) is 13.0 Å². The molecule has 0 aliphatic rings. The highest BCUT2D eigenvalue weighted by Crippen LogP contribution is 2.34. The van der Waals surface area contributed by atoms with Crippen LogP contribution >= 0.6 is 11.3 Å². The number of aryl methyl sites for hydroxylation is 3. The molecule has 0 unspecified atom stereocenters. The van der Waals surface area contributed by atoms with E-state index >= 15 is 0 Å². The number of thiazole rings is 1. The molecule has 0 saturated carbocycles. The van der Waals surface area contributed by atoms with Gasteiger partial charge in [-0.1, -0.05) is 30.3 Å². The number of hydrogen-bond acceptors (Lipinski definition) is 4. The fourth-order valence-corrected chi connectivity index (χ4v) is 3.93. The fraction of sp³-hybridized carbons (Fsp3) is 0.190. The third kappa shape index (κ3) is 3.58. The Balaban J connectivity index is 1.63. The molecule has 4 aromatic rings. The van der Waals surface area contributed by atoms with Gasteiger partial charge in [0.2, 0.25) is 0 Å². The van der Waals surface area contributed by atoms with Gasteiger partial charge in [0.15, 0.2) is 0 Å². The molecule has 5 heteroatoms. The second-order valence-electron chi connectivity index (χ2n) is 6.20. The SMILES string of the molecule is Cc1ncc(-c2c(-c3ccccc3)ncn2CCCc2ccncc2)s1. The first-order chi connectivity index (χ1) is 12.8. The lowest BCUT2D eigenvalue weighted by molar-refractivity contribution is 0.647. The van der Waals surface area contributed by atoms with Gasteiger partial charge < -0.3 is 4.57 Å². The van der Waals surface area contributed by atoms with E-state index in [1.807, 2.05) is 37.9 Å². The van der Waals surface area contributed by atoms with Crippen molar-refractivity contribution in [2.24, 2.45) is 0 Å². The van der Waals surface area contributed by atoms with Gasteiger partial charge in [-0.15, -0.1) is 11.3 Å². The predicted molar refractivity (Wildman–Crippen MR) is 106 cm³/mol. The van der Waals surface area contributed by atoms with Gasteiger partial charge in [0.25, 0.3) is 0 Å². The van der Waals surface area contributed by atoms with Crippen LogP contribution in [0.25, 0.3) is 21.8 Å². The van der Waals surface area contributed by atoms with E-state index in [1.165, 1.54) is 10.4 Å². The first kappa shape index (κ1) is 16.7. The van der Waals surface area contributed by atoms with Gasteiger partial charge in [-0.3, -0.25) is 4.98 Å². The molecule has 0 amide bonds. The standard InChI is InChI=1S/C21H20N4S/c1-16-23-14-19(26-16)21-20(18-7-3-2-4-8-18)24-15-25(21)13-5-6-17-9-11-22-12-10-17/h2-4,7-12,14-15H,5-6,13H2,1H3. The van der Waals surface area contributed by atoms with Crippen LogP contribution in [-0.4, -0.2) is 19.5 Å². The Bertz CT molecular complexity index is 974. The van der Waals surface area contributed by atoms with Crippen molar-refractivity contribution >= 4 is 11.3 Å². The Hall–Kier alpha value is -2.79. The molecule has 0 aliphatic heterocycles. The first-order valence-corrected chi connectivity index (χ1v) is 9.55. The van der Waals surface area contributed by atoms with Crippen molar-refractivity contribution in [1.29, 1.82) is 0 Å². The molecule has 0 saturated heterocycles. The van der Waals surface area contributed by atoms with E-state index in [0.717, 1.165) is 41.3 Å². The van der Waals surface area contributed by atoms with Crippen molar-refractivity contribution in [1.82, 2.24) is 19.5 Å². The zero-order chi connectivity index (χ0) is 17.8. The summed E-state index contributed by atoms with van der Waals surface area (Å²) in [5.74, 6) is 0. The third-order valence-corrected chi connectivity index (χ3v) is 5.27. The van der Waals surface area contributed by atoms with Crippen molar-refractivity contribution in [3.05, 3.63) is 78.0 Å². The maximum atomic E-state index is 4.73. The Morgan fingerprint density at radius 1 is 1.00 bits per heavy atom. The summed E-state index contributed by atoms with van der Waals surface area (Å²) in [7, 11) is 0. The van der Waals surface area contributed by atoms with Gasteiger partial charge >= 0.3 is 0 Å². The van der Waals surface area contributed by atoms with Gasteiger partial charge in [-0.05, 0) is 37.5 Å². The monoisotopic (exact) mass is 360 g/mol. The summed E-state index contributed by atoms with van der Waals surface area (Å²) in [4.78, 5) is 14.4.